The molecule has 0 fully saturated rings. The van der Waals surface area contributed by atoms with Crippen LogP contribution in [0.15, 0.2) is 34.1 Å². The van der Waals surface area contributed by atoms with E-state index < -0.39 is 20.0 Å². The molecule has 0 spiro atoms. The Labute approximate surface area is 94.8 Å². The van der Waals surface area contributed by atoms with Gasteiger partial charge in [0, 0.05) is 0 Å². The van der Waals surface area contributed by atoms with Crippen molar-refractivity contribution in [3.8, 4) is 0 Å². The molecule has 90 valence electrons. The van der Waals surface area contributed by atoms with Crippen LogP contribution in [0.3, 0.4) is 0 Å². The molecule has 0 unspecified atom stereocenters. The third-order valence-corrected chi connectivity index (χ3v) is 4.79. The smallest absolute Gasteiger partial charge is 0.214 e. The zero-order chi connectivity index (χ0) is 12.4. The largest absolute Gasteiger partial charge is 0.240 e. The number of rotatable bonds is 4. The molecule has 1 aromatic carbocycles. The SMILES string of the molecule is CNS(=O)(=O)c1cccc(S(=O)(=O)NC)c1. The van der Waals surface area contributed by atoms with Gasteiger partial charge in [0.15, 0.2) is 0 Å². The maximum Gasteiger partial charge on any atom is 0.240 e. The molecule has 2 N–H and O–H groups in total. The zero-order valence-corrected chi connectivity index (χ0v) is 10.4. The van der Waals surface area contributed by atoms with Gasteiger partial charge in [0.05, 0.1) is 9.79 Å². The Balaban J connectivity index is 3.37. The zero-order valence-electron chi connectivity index (χ0n) is 8.76. The van der Waals surface area contributed by atoms with Crippen LogP contribution in [-0.2, 0) is 20.0 Å². The molecule has 0 aromatic heterocycles. The lowest BCUT2D eigenvalue weighted by Gasteiger charge is -2.05. The summed E-state index contributed by atoms with van der Waals surface area (Å²) in [6, 6.07) is 5.10. The molecule has 0 aliphatic carbocycles. The van der Waals surface area contributed by atoms with Crippen LogP contribution < -0.4 is 9.44 Å². The lowest BCUT2D eigenvalue weighted by molar-refractivity contribution is 0.586. The van der Waals surface area contributed by atoms with Crippen LogP contribution in [0.5, 0.6) is 0 Å². The van der Waals surface area contributed by atoms with Gasteiger partial charge in [0.25, 0.3) is 0 Å². The molecule has 0 aliphatic rings. The lowest BCUT2D eigenvalue weighted by atomic mass is 10.4. The lowest BCUT2D eigenvalue weighted by Crippen LogP contribution is -2.21. The molecule has 0 saturated heterocycles. The van der Waals surface area contributed by atoms with E-state index in [-0.39, 0.29) is 9.79 Å². The topological polar surface area (TPSA) is 92.3 Å². The molecule has 0 heterocycles. The van der Waals surface area contributed by atoms with Crippen LogP contribution in [0.25, 0.3) is 0 Å². The molecule has 0 atom stereocenters. The fraction of sp³-hybridized carbons (Fsp3) is 0.250. The molecule has 0 aliphatic heterocycles. The second-order valence-corrected chi connectivity index (χ2v) is 6.66. The highest BCUT2D eigenvalue weighted by Gasteiger charge is 2.16. The quantitative estimate of drug-likeness (QED) is 0.767. The minimum absolute atomic E-state index is 0.0914. The summed E-state index contributed by atoms with van der Waals surface area (Å²) in [7, 11) is -4.75. The van der Waals surface area contributed by atoms with Crippen LogP contribution in [0.2, 0.25) is 0 Å². The van der Waals surface area contributed by atoms with Crippen molar-refractivity contribution in [2.75, 3.05) is 14.1 Å². The standard InChI is InChI=1S/C8H12N2O4S2/c1-9-15(11,12)7-4-3-5-8(6-7)16(13,14)10-2/h3-6,9-10H,1-2H3. The van der Waals surface area contributed by atoms with Crippen molar-refractivity contribution in [1.82, 2.24) is 9.44 Å². The molecule has 1 rings (SSSR count). The Bertz CT molecular complexity index is 529. The summed E-state index contributed by atoms with van der Waals surface area (Å²) >= 11 is 0. The Morgan fingerprint density at radius 3 is 1.56 bits per heavy atom. The van der Waals surface area contributed by atoms with Gasteiger partial charge < -0.3 is 0 Å². The van der Waals surface area contributed by atoms with Crippen molar-refractivity contribution in [2.45, 2.75) is 9.79 Å². The van der Waals surface area contributed by atoms with Gasteiger partial charge in [-0.1, -0.05) is 6.07 Å². The minimum atomic E-state index is -3.63. The highest BCUT2D eigenvalue weighted by molar-refractivity contribution is 7.90. The third-order valence-electron chi connectivity index (χ3n) is 1.96. The normalized spacial score (nSPS) is 12.6. The van der Waals surface area contributed by atoms with Gasteiger partial charge >= 0.3 is 0 Å². The van der Waals surface area contributed by atoms with E-state index in [2.05, 4.69) is 9.44 Å². The number of hydrogen-bond acceptors (Lipinski definition) is 4. The van der Waals surface area contributed by atoms with Crippen molar-refractivity contribution in [1.29, 1.82) is 0 Å². The van der Waals surface area contributed by atoms with Gasteiger partial charge in [-0.05, 0) is 32.3 Å². The molecule has 0 radical (unpaired) electrons. The average molecular weight is 264 g/mol. The third kappa shape index (κ3) is 2.59. The first kappa shape index (κ1) is 13.1. The summed E-state index contributed by atoms with van der Waals surface area (Å²) in [6.07, 6.45) is 0. The number of hydrogen-bond donors (Lipinski definition) is 2. The van der Waals surface area contributed by atoms with Crippen LogP contribution in [-0.4, -0.2) is 30.9 Å². The summed E-state index contributed by atoms with van der Waals surface area (Å²) in [5.74, 6) is 0. The van der Waals surface area contributed by atoms with Gasteiger partial charge in [-0.3, -0.25) is 0 Å². The van der Waals surface area contributed by atoms with Crippen LogP contribution >= 0.6 is 0 Å². The van der Waals surface area contributed by atoms with Gasteiger partial charge in [-0.25, -0.2) is 26.3 Å². The first-order chi connectivity index (χ1) is 7.33. The van der Waals surface area contributed by atoms with Crippen molar-refractivity contribution in [3.05, 3.63) is 24.3 Å². The van der Waals surface area contributed by atoms with Crippen molar-refractivity contribution in [3.63, 3.8) is 0 Å². The highest BCUT2D eigenvalue weighted by atomic mass is 32.2. The molecular formula is C8H12N2O4S2. The molecule has 6 nitrogen and oxygen atoms in total. The van der Waals surface area contributed by atoms with Crippen molar-refractivity contribution >= 4 is 20.0 Å². The van der Waals surface area contributed by atoms with Crippen LogP contribution in [0.1, 0.15) is 0 Å². The second kappa shape index (κ2) is 4.50. The Kier molecular flexibility index (Phi) is 3.68. The molecule has 1 aromatic rings. The summed E-state index contributed by atoms with van der Waals surface area (Å²) < 4.78 is 50.0. The van der Waals surface area contributed by atoms with Crippen LogP contribution in [0.4, 0.5) is 0 Å². The molecule has 0 bridgehead atoms. The maximum absolute atomic E-state index is 11.4. The van der Waals surface area contributed by atoms with Gasteiger partial charge in [0.2, 0.25) is 20.0 Å². The molecule has 0 saturated carbocycles. The summed E-state index contributed by atoms with van der Waals surface area (Å²) in [6.45, 7) is 0. The Morgan fingerprint density at radius 2 is 1.25 bits per heavy atom. The van der Waals surface area contributed by atoms with E-state index in [0.29, 0.717) is 0 Å². The monoisotopic (exact) mass is 264 g/mol. The van der Waals surface area contributed by atoms with E-state index in [4.69, 9.17) is 0 Å². The van der Waals surface area contributed by atoms with E-state index in [1.54, 1.807) is 0 Å². The van der Waals surface area contributed by atoms with Gasteiger partial charge in [0.1, 0.15) is 0 Å². The molecule has 8 heteroatoms. The van der Waals surface area contributed by atoms with Crippen LogP contribution in [0, 0.1) is 0 Å². The van der Waals surface area contributed by atoms with E-state index in [9.17, 15) is 16.8 Å². The highest BCUT2D eigenvalue weighted by Crippen LogP contribution is 2.14. The van der Waals surface area contributed by atoms with Gasteiger partial charge in [-0.15, -0.1) is 0 Å². The van der Waals surface area contributed by atoms with E-state index in [0.717, 1.165) is 6.07 Å². The predicted molar refractivity (Wildman–Crippen MR) is 58.9 cm³/mol. The summed E-state index contributed by atoms with van der Waals surface area (Å²) in [5, 5.41) is 0. The first-order valence-electron chi connectivity index (χ1n) is 4.30. The summed E-state index contributed by atoms with van der Waals surface area (Å²) in [5.41, 5.74) is 0. The molecular weight excluding hydrogens is 252 g/mol. The van der Waals surface area contributed by atoms with Crippen molar-refractivity contribution in [2.24, 2.45) is 0 Å². The van der Waals surface area contributed by atoms with Crippen molar-refractivity contribution < 1.29 is 16.8 Å². The second-order valence-electron chi connectivity index (χ2n) is 2.89. The predicted octanol–water partition coefficient (Wildman–Crippen LogP) is -0.497. The van der Waals surface area contributed by atoms with E-state index in [1.807, 2.05) is 0 Å². The van der Waals surface area contributed by atoms with E-state index >= 15 is 0 Å². The van der Waals surface area contributed by atoms with E-state index in [1.165, 1.54) is 32.3 Å². The molecule has 0 amide bonds. The Morgan fingerprint density at radius 1 is 0.875 bits per heavy atom. The van der Waals surface area contributed by atoms with Gasteiger partial charge in [-0.2, -0.15) is 0 Å². The minimum Gasteiger partial charge on any atom is -0.214 e. The molecule has 16 heavy (non-hydrogen) atoms. The number of sulfonamides is 2. The average Bonchev–Trinajstić information content (AvgIpc) is 2.29. The first-order valence-corrected chi connectivity index (χ1v) is 7.27. The number of benzene rings is 1. The summed E-state index contributed by atoms with van der Waals surface area (Å²) in [4.78, 5) is -0.183. The Hall–Kier alpha value is -0.960. The maximum atomic E-state index is 11.4. The fourth-order valence-electron chi connectivity index (χ4n) is 1.04. The number of nitrogens with one attached hydrogen (secondary N) is 2. The fourth-order valence-corrected chi connectivity index (χ4v) is 2.67.